The summed E-state index contributed by atoms with van der Waals surface area (Å²) in [5.41, 5.74) is 0. The van der Waals surface area contributed by atoms with E-state index in [0.717, 1.165) is 37.4 Å². The van der Waals surface area contributed by atoms with Crippen LogP contribution in [0, 0.1) is 0 Å². The van der Waals surface area contributed by atoms with E-state index in [-0.39, 0.29) is 10.9 Å². The van der Waals surface area contributed by atoms with Crippen molar-refractivity contribution in [2.24, 2.45) is 0 Å². The minimum absolute atomic E-state index is 0.000713. The van der Waals surface area contributed by atoms with E-state index in [2.05, 4.69) is 24.4 Å². The van der Waals surface area contributed by atoms with Gasteiger partial charge in [0.1, 0.15) is 6.04 Å². The Morgan fingerprint density at radius 3 is 1.90 bits per heavy atom. The minimum Gasteiger partial charge on any atom is -0.480 e. The van der Waals surface area contributed by atoms with E-state index in [1.165, 1.54) is 64.7 Å². The maximum atomic E-state index is 11.8. The Morgan fingerprint density at radius 2 is 1.38 bits per heavy atom. The normalized spacial score (nSPS) is 12.2. The molecule has 0 aromatic heterocycles. The molecule has 2 N–H and O–H groups in total. The van der Waals surface area contributed by atoms with Crippen molar-refractivity contribution in [1.29, 1.82) is 0 Å². The average molecular weight is 428 g/mol. The molecule has 0 aromatic carbocycles. The Balaban J connectivity index is 3.49. The molecule has 0 fully saturated rings. The molecular formula is C23H41NO4S. The zero-order chi connectivity index (χ0) is 21.7. The molecule has 168 valence electrons. The molecular weight excluding hydrogens is 386 g/mol. The van der Waals surface area contributed by atoms with Gasteiger partial charge in [-0.1, -0.05) is 82.2 Å². The molecule has 29 heavy (non-hydrogen) atoms. The third-order valence-electron chi connectivity index (χ3n) is 4.73. The molecule has 5 nitrogen and oxygen atoms in total. The highest BCUT2D eigenvalue weighted by molar-refractivity contribution is 8.13. The van der Waals surface area contributed by atoms with Crippen molar-refractivity contribution in [2.45, 2.75) is 110 Å². The topological polar surface area (TPSA) is 83.5 Å². The quantitative estimate of drug-likeness (QED) is 0.199. The van der Waals surface area contributed by atoms with Gasteiger partial charge in [-0.05, 0) is 32.1 Å². The van der Waals surface area contributed by atoms with Crippen LogP contribution in [0.25, 0.3) is 0 Å². The van der Waals surface area contributed by atoms with Crippen LogP contribution in [0.5, 0.6) is 0 Å². The van der Waals surface area contributed by atoms with Gasteiger partial charge in [0.05, 0.1) is 0 Å². The molecule has 0 spiro atoms. The Bertz CT molecular complexity index is 479. The zero-order valence-corrected chi connectivity index (χ0v) is 19.2. The first-order valence-electron chi connectivity index (χ1n) is 11.3. The Labute approximate surface area is 181 Å². The standard InChI is InChI=1S/C23H41NO4S/c1-3-4-5-6-7-8-9-10-11-12-13-14-15-16-17-18-22(26)29-19-21(23(27)28)24-20(2)25/h10-11,21H,3-9,12-19H2,1-2H3,(H,24,25)(H,27,28)/t21-/m0/s1. The van der Waals surface area contributed by atoms with E-state index in [1.54, 1.807) is 0 Å². The van der Waals surface area contributed by atoms with Gasteiger partial charge in [0.2, 0.25) is 5.91 Å². The second kappa shape index (κ2) is 20.0. The van der Waals surface area contributed by atoms with E-state index in [1.807, 2.05) is 0 Å². The number of amides is 1. The van der Waals surface area contributed by atoms with Gasteiger partial charge in [0.15, 0.2) is 5.12 Å². The van der Waals surface area contributed by atoms with Gasteiger partial charge in [-0.15, -0.1) is 0 Å². The molecule has 0 heterocycles. The molecule has 0 unspecified atom stereocenters. The summed E-state index contributed by atoms with van der Waals surface area (Å²) in [7, 11) is 0. The lowest BCUT2D eigenvalue weighted by atomic mass is 10.1. The molecule has 0 rings (SSSR count). The Hall–Kier alpha value is -1.30. The van der Waals surface area contributed by atoms with Gasteiger partial charge in [-0.25, -0.2) is 4.79 Å². The molecule has 0 aliphatic carbocycles. The lowest BCUT2D eigenvalue weighted by molar-refractivity contribution is -0.140. The summed E-state index contributed by atoms with van der Waals surface area (Å²) >= 11 is 0.998. The molecule has 1 atom stereocenters. The third-order valence-corrected chi connectivity index (χ3v) is 5.76. The summed E-state index contributed by atoms with van der Waals surface area (Å²) < 4.78 is 0. The first kappa shape index (κ1) is 27.7. The Kier molecular flexibility index (Phi) is 19.1. The number of rotatable bonds is 19. The van der Waals surface area contributed by atoms with Gasteiger partial charge in [-0.3, -0.25) is 9.59 Å². The summed E-state index contributed by atoms with van der Waals surface area (Å²) in [6.07, 6.45) is 20.9. The van der Waals surface area contributed by atoms with E-state index >= 15 is 0 Å². The number of carboxylic acid groups (broad SMARTS) is 1. The fraction of sp³-hybridized carbons (Fsp3) is 0.783. The molecule has 0 saturated carbocycles. The molecule has 0 aliphatic heterocycles. The largest absolute Gasteiger partial charge is 0.480 e. The summed E-state index contributed by atoms with van der Waals surface area (Å²) in [5, 5.41) is 11.3. The number of hydrogen-bond acceptors (Lipinski definition) is 4. The van der Waals surface area contributed by atoms with Gasteiger partial charge in [0, 0.05) is 19.1 Å². The summed E-state index contributed by atoms with van der Waals surface area (Å²) in [6.45, 7) is 3.52. The second-order valence-electron chi connectivity index (χ2n) is 7.61. The SMILES string of the molecule is CCCCCCCCC=CCCCCCCCC(=O)SC[C@H](NC(C)=O)C(=O)O. The van der Waals surface area contributed by atoms with Crippen LogP contribution >= 0.6 is 11.8 Å². The first-order chi connectivity index (χ1) is 14.0. The number of aliphatic carboxylic acids is 1. The highest BCUT2D eigenvalue weighted by Gasteiger charge is 2.19. The van der Waals surface area contributed by atoms with E-state index in [4.69, 9.17) is 5.11 Å². The predicted molar refractivity (Wildman–Crippen MR) is 122 cm³/mol. The highest BCUT2D eigenvalue weighted by Crippen LogP contribution is 2.14. The van der Waals surface area contributed by atoms with Gasteiger partial charge in [-0.2, -0.15) is 0 Å². The number of hydrogen-bond donors (Lipinski definition) is 2. The van der Waals surface area contributed by atoms with Crippen LogP contribution in [0.15, 0.2) is 12.2 Å². The maximum absolute atomic E-state index is 11.8. The molecule has 0 aliphatic rings. The van der Waals surface area contributed by atoms with Crippen LogP contribution in [-0.2, 0) is 14.4 Å². The third kappa shape index (κ3) is 19.8. The lowest BCUT2D eigenvalue weighted by Gasteiger charge is -2.11. The average Bonchev–Trinajstić information content (AvgIpc) is 2.67. The van der Waals surface area contributed by atoms with Crippen LogP contribution in [0.1, 0.15) is 104 Å². The van der Waals surface area contributed by atoms with Gasteiger partial charge >= 0.3 is 5.97 Å². The van der Waals surface area contributed by atoms with Gasteiger partial charge < -0.3 is 10.4 Å². The van der Waals surface area contributed by atoms with Crippen molar-refractivity contribution in [3.05, 3.63) is 12.2 Å². The second-order valence-corrected chi connectivity index (χ2v) is 8.69. The van der Waals surface area contributed by atoms with Crippen molar-refractivity contribution < 1.29 is 19.5 Å². The summed E-state index contributed by atoms with van der Waals surface area (Å²) in [5.74, 6) is -1.43. The van der Waals surface area contributed by atoms with Gasteiger partial charge in [0.25, 0.3) is 0 Å². The fourth-order valence-electron chi connectivity index (χ4n) is 3.01. The van der Waals surface area contributed by atoms with Crippen LogP contribution in [0.3, 0.4) is 0 Å². The number of nitrogens with one attached hydrogen (secondary N) is 1. The first-order valence-corrected chi connectivity index (χ1v) is 12.3. The lowest BCUT2D eigenvalue weighted by Crippen LogP contribution is -2.41. The van der Waals surface area contributed by atoms with E-state index < -0.39 is 17.9 Å². The number of allylic oxidation sites excluding steroid dienone is 2. The summed E-state index contributed by atoms with van der Waals surface area (Å²) in [4.78, 5) is 33.8. The predicted octanol–water partition coefficient (Wildman–Crippen LogP) is 5.87. The zero-order valence-electron chi connectivity index (χ0n) is 18.4. The molecule has 0 aromatic rings. The van der Waals surface area contributed by atoms with Crippen LogP contribution in [-0.4, -0.2) is 33.9 Å². The fourth-order valence-corrected chi connectivity index (χ4v) is 3.88. The van der Waals surface area contributed by atoms with Crippen molar-refractivity contribution in [3.63, 3.8) is 0 Å². The van der Waals surface area contributed by atoms with E-state index in [0.29, 0.717) is 6.42 Å². The smallest absolute Gasteiger partial charge is 0.327 e. The van der Waals surface area contributed by atoms with Crippen LogP contribution < -0.4 is 5.32 Å². The number of unbranched alkanes of at least 4 members (excludes halogenated alkanes) is 11. The molecule has 0 bridgehead atoms. The number of carbonyl (C=O) groups is 3. The monoisotopic (exact) mass is 427 g/mol. The summed E-state index contributed by atoms with van der Waals surface area (Å²) in [6, 6.07) is -1.00. The van der Waals surface area contributed by atoms with E-state index in [9.17, 15) is 14.4 Å². The molecule has 6 heteroatoms. The van der Waals surface area contributed by atoms with Crippen LogP contribution in [0.2, 0.25) is 0 Å². The Morgan fingerprint density at radius 1 is 0.862 bits per heavy atom. The highest BCUT2D eigenvalue weighted by atomic mass is 32.2. The van der Waals surface area contributed by atoms with Crippen molar-refractivity contribution in [1.82, 2.24) is 5.32 Å². The number of carbonyl (C=O) groups excluding carboxylic acids is 2. The maximum Gasteiger partial charge on any atom is 0.327 e. The van der Waals surface area contributed by atoms with Crippen molar-refractivity contribution in [3.8, 4) is 0 Å². The molecule has 1 amide bonds. The molecule has 0 saturated heterocycles. The molecule has 0 radical (unpaired) electrons. The van der Waals surface area contributed by atoms with Crippen LogP contribution in [0.4, 0.5) is 0 Å². The number of thioether (sulfide) groups is 1. The van der Waals surface area contributed by atoms with Crippen molar-refractivity contribution in [2.75, 3.05) is 5.75 Å². The van der Waals surface area contributed by atoms with Crippen molar-refractivity contribution >= 4 is 28.8 Å². The number of carboxylic acids is 1. The minimum atomic E-state index is -1.11.